The third kappa shape index (κ3) is 4.67. The average molecular weight is 291 g/mol. The van der Waals surface area contributed by atoms with Gasteiger partial charge in [0, 0.05) is 5.56 Å². The fourth-order valence-corrected chi connectivity index (χ4v) is 2.63. The third-order valence-corrected chi connectivity index (χ3v) is 3.37. The zero-order valence-corrected chi connectivity index (χ0v) is 13.6. The van der Waals surface area contributed by atoms with Crippen molar-refractivity contribution >= 4 is 11.8 Å². The van der Waals surface area contributed by atoms with Crippen molar-refractivity contribution in [2.24, 2.45) is 0 Å². The lowest BCUT2D eigenvalue weighted by Gasteiger charge is -2.19. The fraction of sp³-hybridized carbons (Fsp3) is 0.529. The first-order valence-electron chi connectivity index (χ1n) is 7.41. The molecule has 0 heterocycles. The van der Waals surface area contributed by atoms with Gasteiger partial charge in [-0.3, -0.25) is 9.59 Å². The second-order valence-corrected chi connectivity index (χ2v) is 5.26. The molecule has 0 spiro atoms. The largest absolute Gasteiger partial charge is 0.466 e. The Kier molecular flexibility index (Phi) is 6.56. The number of hydrogen-bond donors (Lipinski definition) is 1. The van der Waals surface area contributed by atoms with Gasteiger partial charge in [0.15, 0.2) is 5.78 Å². The normalized spacial score (nSPS) is 12.0. The van der Waals surface area contributed by atoms with Gasteiger partial charge in [0.25, 0.3) is 0 Å². The molecule has 1 unspecified atom stereocenters. The lowest BCUT2D eigenvalue weighted by Crippen LogP contribution is -2.39. The van der Waals surface area contributed by atoms with E-state index in [0.29, 0.717) is 18.7 Å². The van der Waals surface area contributed by atoms with Crippen molar-refractivity contribution in [3.8, 4) is 0 Å². The first kappa shape index (κ1) is 17.4. The molecule has 0 aliphatic heterocycles. The van der Waals surface area contributed by atoms with E-state index >= 15 is 0 Å². The average Bonchev–Trinajstić information content (AvgIpc) is 2.37. The molecule has 1 N–H and O–H groups in total. The topological polar surface area (TPSA) is 55.4 Å². The lowest BCUT2D eigenvalue weighted by molar-refractivity contribution is -0.143. The molecule has 0 bridgehead atoms. The maximum Gasteiger partial charge on any atom is 0.307 e. The molecule has 1 aromatic rings. The Bertz CT molecular complexity index is 500. The Morgan fingerprint density at radius 2 is 1.71 bits per heavy atom. The number of Topliss-reactive ketones (excluding diaryl/α,β-unsaturated/α-hetero) is 1. The minimum atomic E-state index is -0.533. The monoisotopic (exact) mass is 291 g/mol. The zero-order valence-electron chi connectivity index (χ0n) is 13.6. The van der Waals surface area contributed by atoms with E-state index in [1.807, 2.05) is 39.8 Å². The van der Waals surface area contributed by atoms with Crippen LogP contribution in [0.5, 0.6) is 0 Å². The molecule has 0 fully saturated rings. The highest BCUT2D eigenvalue weighted by molar-refractivity contribution is 6.04. The van der Waals surface area contributed by atoms with Crippen LogP contribution in [0, 0.1) is 20.8 Å². The number of aryl methyl sites for hydroxylation is 3. The van der Waals surface area contributed by atoms with E-state index in [9.17, 15) is 9.59 Å². The summed E-state index contributed by atoms with van der Waals surface area (Å²) in [6.45, 7) is 10.5. The molecule has 1 atom stereocenters. The van der Waals surface area contributed by atoms with Crippen LogP contribution in [0.3, 0.4) is 0 Å². The van der Waals surface area contributed by atoms with Crippen LogP contribution in [0.4, 0.5) is 0 Å². The van der Waals surface area contributed by atoms with Gasteiger partial charge in [0.05, 0.1) is 19.1 Å². The summed E-state index contributed by atoms with van der Waals surface area (Å²) in [6, 6.07) is 3.45. The highest BCUT2D eigenvalue weighted by atomic mass is 16.5. The summed E-state index contributed by atoms with van der Waals surface area (Å²) < 4.78 is 4.95. The van der Waals surface area contributed by atoms with Crippen LogP contribution in [0.1, 0.15) is 47.3 Å². The number of rotatable bonds is 7. The van der Waals surface area contributed by atoms with Gasteiger partial charge in [0.1, 0.15) is 0 Å². The maximum absolute atomic E-state index is 12.8. The molecule has 1 rings (SSSR count). The van der Waals surface area contributed by atoms with E-state index in [0.717, 1.165) is 16.7 Å². The standard InChI is InChI=1S/C17H25NO3/c1-6-18-14(10-15(19)21-7-2)17(20)16-12(4)8-11(3)9-13(16)5/h8-9,14,18H,6-7,10H2,1-5H3. The molecule has 0 aliphatic rings. The van der Waals surface area contributed by atoms with Gasteiger partial charge in [-0.15, -0.1) is 0 Å². The summed E-state index contributed by atoms with van der Waals surface area (Å²) in [5.41, 5.74) is 3.73. The van der Waals surface area contributed by atoms with E-state index < -0.39 is 6.04 Å². The van der Waals surface area contributed by atoms with E-state index in [-0.39, 0.29) is 18.2 Å². The first-order chi connectivity index (χ1) is 9.90. The molecule has 0 saturated heterocycles. The Balaban J connectivity index is 3.03. The molecule has 0 aromatic heterocycles. The molecule has 0 radical (unpaired) electrons. The number of ether oxygens (including phenoxy) is 1. The molecule has 0 aliphatic carbocycles. The molecule has 21 heavy (non-hydrogen) atoms. The van der Waals surface area contributed by atoms with E-state index in [1.54, 1.807) is 6.92 Å². The summed E-state index contributed by atoms with van der Waals surface area (Å²) in [5.74, 6) is -0.390. The summed E-state index contributed by atoms with van der Waals surface area (Å²) >= 11 is 0. The Labute approximate surface area is 126 Å². The predicted octanol–water partition coefficient (Wildman–Crippen LogP) is 2.73. The SMILES string of the molecule is CCNC(CC(=O)OCC)C(=O)c1c(C)cc(C)cc1C. The van der Waals surface area contributed by atoms with Gasteiger partial charge in [0.2, 0.25) is 0 Å². The van der Waals surface area contributed by atoms with Crippen molar-refractivity contribution in [2.75, 3.05) is 13.2 Å². The number of nitrogens with one attached hydrogen (secondary N) is 1. The molecule has 0 saturated carbocycles. The van der Waals surface area contributed by atoms with Gasteiger partial charge in [-0.25, -0.2) is 0 Å². The predicted molar refractivity (Wildman–Crippen MR) is 83.7 cm³/mol. The van der Waals surface area contributed by atoms with Gasteiger partial charge < -0.3 is 10.1 Å². The number of carbonyl (C=O) groups is 2. The molecule has 1 aromatic carbocycles. The van der Waals surface area contributed by atoms with Crippen molar-refractivity contribution in [1.82, 2.24) is 5.32 Å². The summed E-state index contributed by atoms with van der Waals surface area (Å²) in [4.78, 5) is 24.4. The van der Waals surface area contributed by atoms with E-state index in [1.165, 1.54) is 0 Å². The van der Waals surface area contributed by atoms with Crippen LogP contribution in [0.15, 0.2) is 12.1 Å². The van der Waals surface area contributed by atoms with Crippen LogP contribution < -0.4 is 5.32 Å². The highest BCUT2D eigenvalue weighted by Gasteiger charge is 2.25. The number of likely N-dealkylation sites (N-methyl/N-ethyl adjacent to an activating group) is 1. The quantitative estimate of drug-likeness (QED) is 0.620. The van der Waals surface area contributed by atoms with Crippen molar-refractivity contribution < 1.29 is 14.3 Å². The van der Waals surface area contributed by atoms with Gasteiger partial charge in [-0.2, -0.15) is 0 Å². The molecule has 116 valence electrons. The Morgan fingerprint density at radius 1 is 1.14 bits per heavy atom. The Hall–Kier alpha value is -1.68. The molecule has 4 nitrogen and oxygen atoms in total. The van der Waals surface area contributed by atoms with Crippen molar-refractivity contribution in [1.29, 1.82) is 0 Å². The number of carbonyl (C=O) groups excluding carboxylic acids is 2. The summed E-state index contributed by atoms with van der Waals surface area (Å²) in [7, 11) is 0. The van der Waals surface area contributed by atoms with Crippen LogP contribution in [-0.2, 0) is 9.53 Å². The minimum Gasteiger partial charge on any atom is -0.466 e. The summed E-state index contributed by atoms with van der Waals surface area (Å²) in [5, 5.41) is 3.09. The Morgan fingerprint density at radius 3 is 2.19 bits per heavy atom. The second kappa shape index (κ2) is 7.93. The molecule has 4 heteroatoms. The van der Waals surface area contributed by atoms with Crippen molar-refractivity contribution in [3.63, 3.8) is 0 Å². The third-order valence-electron chi connectivity index (χ3n) is 3.37. The molecular formula is C17H25NO3. The first-order valence-corrected chi connectivity index (χ1v) is 7.41. The van der Waals surface area contributed by atoms with Gasteiger partial charge >= 0.3 is 5.97 Å². The highest BCUT2D eigenvalue weighted by Crippen LogP contribution is 2.19. The number of benzene rings is 1. The van der Waals surface area contributed by atoms with E-state index in [4.69, 9.17) is 4.74 Å². The van der Waals surface area contributed by atoms with Crippen LogP contribution >= 0.6 is 0 Å². The van der Waals surface area contributed by atoms with Crippen LogP contribution in [0.25, 0.3) is 0 Å². The number of esters is 1. The molecule has 0 amide bonds. The van der Waals surface area contributed by atoms with Gasteiger partial charge in [-0.05, 0) is 45.4 Å². The number of hydrogen-bond acceptors (Lipinski definition) is 4. The minimum absolute atomic E-state index is 0.0418. The van der Waals surface area contributed by atoms with Crippen molar-refractivity contribution in [3.05, 3.63) is 34.4 Å². The van der Waals surface area contributed by atoms with Crippen molar-refractivity contribution in [2.45, 2.75) is 47.1 Å². The van der Waals surface area contributed by atoms with Gasteiger partial charge in [-0.1, -0.05) is 24.6 Å². The zero-order chi connectivity index (χ0) is 16.0. The molecular weight excluding hydrogens is 266 g/mol. The number of ketones is 1. The summed E-state index contributed by atoms with van der Waals surface area (Å²) in [6.07, 6.45) is 0.0628. The fourth-order valence-electron chi connectivity index (χ4n) is 2.63. The maximum atomic E-state index is 12.8. The second-order valence-electron chi connectivity index (χ2n) is 5.26. The lowest BCUT2D eigenvalue weighted by atomic mass is 9.92. The van der Waals surface area contributed by atoms with Crippen LogP contribution in [-0.4, -0.2) is 30.9 Å². The van der Waals surface area contributed by atoms with E-state index in [2.05, 4.69) is 5.32 Å². The van der Waals surface area contributed by atoms with Crippen LogP contribution in [0.2, 0.25) is 0 Å². The smallest absolute Gasteiger partial charge is 0.307 e.